The predicted octanol–water partition coefficient (Wildman–Crippen LogP) is 5.49. The van der Waals surface area contributed by atoms with Crippen LogP contribution in [0.1, 0.15) is 51.2 Å². The van der Waals surface area contributed by atoms with Crippen LogP contribution in [0.25, 0.3) is 17.0 Å². The van der Waals surface area contributed by atoms with E-state index < -0.39 is 10.0 Å². The van der Waals surface area contributed by atoms with Gasteiger partial charge in [-0.05, 0) is 64.8 Å². The highest BCUT2D eigenvalue weighted by Crippen LogP contribution is 2.36. The van der Waals surface area contributed by atoms with Gasteiger partial charge in [-0.15, -0.1) is 0 Å². The highest BCUT2D eigenvalue weighted by Gasteiger charge is 2.25. The van der Waals surface area contributed by atoms with Gasteiger partial charge in [0.1, 0.15) is 17.3 Å². The molecular formula is C29H40N6O3S. The minimum atomic E-state index is -3.63. The summed E-state index contributed by atoms with van der Waals surface area (Å²) in [6.45, 7) is 8.30. The number of likely N-dealkylation sites (N-methyl/N-ethyl adjacent to an activating group) is 1. The Kier molecular flexibility index (Phi) is 9.93. The van der Waals surface area contributed by atoms with Crippen molar-refractivity contribution in [1.82, 2.24) is 19.4 Å². The van der Waals surface area contributed by atoms with Crippen molar-refractivity contribution in [3.05, 3.63) is 70.4 Å². The van der Waals surface area contributed by atoms with Crippen LogP contribution < -0.4 is 15.4 Å². The molecule has 0 aliphatic heterocycles. The number of ether oxygens (including phenoxy) is 1. The zero-order valence-corrected chi connectivity index (χ0v) is 24.7. The van der Waals surface area contributed by atoms with E-state index in [2.05, 4.69) is 17.6 Å². The Morgan fingerprint density at radius 3 is 2.69 bits per heavy atom. The van der Waals surface area contributed by atoms with E-state index in [1.54, 1.807) is 38.9 Å². The van der Waals surface area contributed by atoms with E-state index in [4.69, 9.17) is 15.2 Å². The molecule has 0 fully saturated rings. The van der Waals surface area contributed by atoms with Crippen molar-refractivity contribution in [3.8, 4) is 17.0 Å². The molecule has 1 aliphatic carbocycles. The monoisotopic (exact) mass is 552 g/mol. The van der Waals surface area contributed by atoms with Crippen LogP contribution >= 0.6 is 0 Å². The maximum absolute atomic E-state index is 12.9. The highest BCUT2D eigenvalue weighted by atomic mass is 32.2. The lowest BCUT2D eigenvalue weighted by atomic mass is 10.0. The zero-order chi connectivity index (χ0) is 28.7. The fraction of sp³-hybridized carbons (Fsp3) is 0.379. The number of aromatic nitrogens is 2. The number of anilines is 1. The summed E-state index contributed by atoms with van der Waals surface area (Å²) in [5, 5.41) is 21.2. The minimum absolute atomic E-state index is 0.357. The molecule has 0 amide bonds. The summed E-state index contributed by atoms with van der Waals surface area (Å²) in [6, 6.07) is 5.88. The molecule has 0 radical (unpaired) electrons. The lowest BCUT2D eigenvalue weighted by Gasteiger charge is -2.24. The molecule has 1 aromatic heterocycles. The maximum Gasteiger partial charge on any atom is 0.256 e. The van der Waals surface area contributed by atoms with Crippen molar-refractivity contribution in [2.45, 2.75) is 47.0 Å². The topological polar surface area (TPSA) is 112 Å². The molecule has 0 saturated carbocycles. The number of nitrogens with one attached hydrogen (secondary N) is 3. The average molecular weight is 553 g/mol. The lowest BCUT2D eigenvalue weighted by molar-refractivity contribution is 0.412. The number of aryl methyl sites for hydroxylation is 1. The molecule has 9 nitrogen and oxygen atoms in total. The highest BCUT2D eigenvalue weighted by molar-refractivity contribution is 7.92. The number of sulfonamides is 1. The summed E-state index contributed by atoms with van der Waals surface area (Å²) >= 11 is 0. The van der Waals surface area contributed by atoms with Gasteiger partial charge in [0, 0.05) is 42.2 Å². The van der Waals surface area contributed by atoms with Gasteiger partial charge in [-0.3, -0.25) is 4.31 Å². The van der Waals surface area contributed by atoms with Crippen molar-refractivity contribution in [2.75, 3.05) is 33.1 Å². The summed E-state index contributed by atoms with van der Waals surface area (Å²) < 4.78 is 34.5. The molecule has 10 heteroatoms. The number of nitrogens with zero attached hydrogens (tertiary/aromatic N) is 3. The van der Waals surface area contributed by atoms with Crippen LogP contribution in [0.5, 0.6) is 5.75 Å². The van der Waals surface area contributed by atoms with Crippen molar-refractivity contribution in [3.63, 3.8) is 0 Å². The van der Waals surface area contributed by atoms with Gasteiger partial charge >= 0.3 is 0 Å². The van der Waals surface area contributed by atoms with Crippen LogP contribution in [0.3, 0.4) is 0 Å². The van der Waals surface area contributed by atoms with E-state index in [1.807, 2.05) is 50.4 Å². The summed E-state index contributed by atoms with van der Waals surface area (Å²) in [5.74, 6) is 1.39. The Morgan fingerprint density at radius 2 is 2.05 bits per heavy atom. The van der Waals surface area contributed by atoms with Crippen LogP contribution in [0.2, 0.25) is 0 Å². The van der Waals surface area contributed by atoms with Crippen molar-refractivity contribution in [1.29, 1.82) is 5.41 Å². The van der Waals surface area contributed by atoms with Gasteiger partial charge in [0.05, 0.1) is 18.4 Å². The average Bonchev–Trinajstić information content (AvgIpc) is 3.31. The van der Waals surface area contributed by atoms with E-state index in [-0.39, 0.29) is 0 Å². The number of benzene rings is 1. The second-order valence-corrected chi connectivity index (χ2v) is 11.4. The molecule has 0 spiro atoms. The van der Waals surface area contributed by atoms with Gasteiger partial charge < -0.3 is 20.8 Å². The number of methoxy groups -OCH3 is 1. The Morgan fingerprint density at radius 1 is 1.31 bits per heavy atom. The molecule has 0 atom stereocenters. The molecule has 3 rings (SSSR count). The van der Waals surface area contributed by atoms with Gasteiger partial charge in [-0.1, -0.05) is 36.8 Å². The number of allylic oxidation sites excluding steroid dienone is 5. The quantitative estimate of drug-likeness (QED) is 0.300. The molecule has 0 bridgehead atoms. The Bertz CT molecular complexity index is 1450. The van der Waals surface area contributed by atoms with Crippen LogP contribution in [0.4, 0.5) is 5.82 Å². The predicted molar refractivity (Wildman–Crippen MR) is 160 cm³/mol. The standard InChI is InChI=1S/C29H40N6O3S/c1-8-20(2)19-32-29-27(22(4)30)28(23-14-13-21(3)26(17-23)38-7)33-35(29)25-12-9-11-24(18-25)34(6)39(36,37)16-10-15-31-5/h10,12-14,16-19,30-32H,8-9,11,15H2,1-7H3/b16-10?,20-19+,30-22?. The number of hydrogen-bond donors (Lipinski definition) is 3. The van der Waals surface area contributed by atoms with E-state index in [0.29, 0.717) is 47.9 Å². The second-order valence-electron chi connectivity index (χ2n) is 9.53. The molecule has 0 saturated heterocycles. The smallest absolute Gasteiger partial charge is 0.256 e. The van der Waals surface area contributed by atoms with Crippen LogP contribution in [-0.4, -0.2) is 56.0 Å². The normalized spacial score (nSPS) is 14.3. The third kappa shape index (κ3) is 6.88. The Labute approximate surface area is 232 Å². The number of hydrogen-bond acceptors (Lipinski definition) is 7. The minimum Gasteiger partial charge on any atom is -0.496 e. The molecule has 2 aromatic rings. The molecule has 210 valence electrons. The van der Waals surface area contributed by atoms with E-state index >= 15 is 0 Å². The molecule has 1 aliphatic rings. The van der Waals surface area contributed by atoms with Crippen molar-refractivity contribution >= 4 is 27.2 Å². The van der Waals surface area contributed by atoms with E-state index in [9.17, 15) is 8.42 Å². The SMILES string of the molecule is CC/C(C)=C/Nc1c(C(C)=N)c(-c2ccc(C)c(OC)c2)nn1C1=CCCC(N(C)S(=O)(=O)C=CCNC)=C1. The van der Waals surface area contributed by atoms with E-state index in [1.165, 1.54) is 9.71 Å². The Hall–Kier alpha value is -3.63. The molecule has 1 aromatic carbocycles. The van der Waals surface area contributed by atoms with E-state index in [0.717, 1.165) is 34.6 Å². The van der Waals surface area contributed by atoms with Crippen LogP contribution in [-0.2, 0) is 10.0 Å². The summed E-state index contributed by atoms with van der Waals surface area (Å²) in [6.07, 6.45) is 9.51. The first-order valence-corrected chi connectivity index (χ1v) is 14.5. The van der Waals surface area contributed by atoms with Crippen molar-refractivity contribution < 1.29 is 13.2 Å². The Balaban J connectivity index is 2.19. The molecule has 1 heterocycles. The fourth-order valence-corrected chi connectivity index (χ4v) is 5.16. The third-order valence-electron chi connectivity index (χ3n) is 6.64. The van der Waals surface area contributed by atoms with Gasteiger partial charge in [0.15, 0.2) is 0 Å². The van der Waals surface area contributed by atoms with Crippen LogP contribution in [0.15, 0.2) is 59.3 Å². The first-order chi connectivity index (χ1) is 18.5. The number of rotatable bonds is 12. The maximum atomic E-state index is 12.9. The van der Waals surface area contributed by atoms with Gasteiger partial charge in [-0.2, -0.15) is 5.10 Å². The van der Waals surface area contributed by atoms with Crippen LogP contribution in [0, 0.1) is 12.3 Å². The first-order valence-electron chi connectivity index (χ1n) is 13.0. The summed E-state index contributed by atoms with van der Waals surface area (Å²) in [7, 11) is 1.34. The van der Waals surface area contributed by atoms with Gasteiger partial charge in [0.25, 0.3) is 10.0 Å². The molecule has 3 N–H and O–H groups in total. The molecular weight excluding hydrogens is 512 g/mol. The second kappa shape index (κ2) is 12.9. The molecule has 0 unspecified atom stereocenters. The van der Waals surface area contributed by atoms with Gasteiger partial charge in [-0.25, -0.2) is 13.1 Å². The van der Waals surface area contributed by atoms with Crippen molar-refractivity contribution in [2.24, 2.45) is 0 Å². The van der Waals surface area contributed by atoms with Gasteiger partial charge in [0.2, 0.25) is 0 Å². The fourth-order valence-electron chi connectivity index (χ4n) is 4.16. The first kappa shape index (κ1) is 29.9. The lowest BCUT2D eigenvalue weighted by Crippen LogP contribution is -2.25. The zero-order valence-electron chi connectivity index (χ0n) is 23.9. The molecule has 39 heavy (non-hydrogen) atoms. The summed E-state index contributed by atoms with van der Waals surface area (Å²) in [5.41, 5.74) is 6.03. The third-order valence-corrected chi connectivity index (χ3v) is 8.18. The summed E-state index contributed by atoms with van der Waals surface area (Å²) in [4.78, 5) is 0. The largest absolute Gasteiger partial charge is 0.496 e.